The van der Waals surface area contributed by atoms with Crippen LogP contribution in [0.15, 0.2) is 18.2 Å². The van der Waals surface area contributed by atoms with Gasteiger partial charge < -0.3 is 9.47 Å². The zero-order valence-corrected chi connectivity index (χ0v) is 19.3. The van der Waals surface area contributed by atoms with Gasteiger partial charge in [0.05, 0.1) is 6.10 Å². The van der Waals surface area contributed by atoms with E-state index in [0.29, 0.717) is 28.8 Å². The Morgan fingerprint density at radius 3 is 2.32 bits per heavy atom. The fourth-order valence-corrected chi connectivity index (χ4v) is 5.39. The summed E-state index contributed by atoms with van der Waals surface area (Å²) in [6.07, 6.45) is 8.85. The van der Waals surface area contributed by atoms with E-state index < -0.39 is 0 Å². The molecule has 0 radical (unpaired) electrons. The zero-order chi connectivity index (χ0) is 20.5. The van der Waals surface area contributed by atoms with Crippen LogP contribution in [0.4, 0.5) is 0 Å². The summed E-state index contributed by atoms with van der Waals surface area (Å²) in [5, 5.41) is 0. The Balaban J connectivity index is 1.76. The van der Waals surface area contributed by atoms with Crippen molar-refractivity contribution in [2.75, 3.05) is 0 Å². The van der Waals surface area contributed by atoms with Gasteiger partial charge in [0.25, 0.3) is 0 Å². The average Bonchev–Trinajstić information content (AvgIpc) is 3.02. The molecular weight excluding hydrogens is 344 g/mol. The third-order valence-electron chi connectivity index (χ3n) is 7.40. The average molecular weight is 387 g/mol. The molecule has 0 bridgehead atoms. The van der Waals surface area contributed by atoms with E-state index in [0.717, 1.165) is 12.2 Å². The number of ether oxygens (including phenoxy) is 2. The summed E-state index contributed by atoms with van der Waals surface area (Å²) >= 11 is 0. The largest absolute Gasteiger partial charge is 0.465 e. The molecule has 2 heteroatoms. The molecule has 2 aliphatic carbocycles. The molecule has 0 heterocycles. The van der Waals surface area contributed by atoms with Gasteiger partial charge in [-0.2, -0.15) is 0 Å². The fraction of sp³-hybridized carbons (Fsp3) is 0.769. The smallest absolute Gasteiger partial charge is 0.197 e. The van der Waals surface area contributed by atoms with E-state index in [-0.39, 0.29) is 6.29 Å². The van der Waals surface area contributed by atoms with E-state index in [2.05, 4.69) is 59.7 Å². The maximum absolute atomic E-state index is 6.19. The Kier molecular flexibility index (Phi) is 6.49. The van der Waals surface area contributed by atoms with Crippen LogP contribution in [0.2, 0.25) is 0 Å². The number of hydrogen-bond donors (Lipinski definition) is 0. The van der Waals surface area contributed by atoms with Crippen LogP contribution in [0, 0.1) is 16.7 Å². The van der Waals surface area contributed by atoms with E-state index in [1.54, 1.807) is 5.56 Å². The van der Waals surface area contributed by atoms with Crippen molar-refractivity contribution < 1.29 is 9.47 Å². The molecule has 1 saturated carbocycles. The van der Waals surface area contributed by atoms with Crippen LogP contribution >= 0.6 is 0 Å². The quantitative estimate of drug-likeness (QED) is 0.471. The second-order valence-corrected chi connectivity index (χ2v) is 10.9. The molecule has 3 unspecified atom stereocenters. The number of benzene rings is 1. The van der Waals surface area contributed by atoms with Crippen molar-refractivity contribution in [3.05, 3.63) is 29.3 Å². The molecule has 1 fully saturated rings. The van der Waals surface area contributed by atoms with Gasteiger partial charge in [-0.15, -0.1) is 0 Å². The Morgan fingerprint density at radius 2 is 1.71 bits per heavy atom. The Hall–Kier alpha value is -1.02. The topological polar surface area (TPSA) is 18.5 Å². The molecule has 2 nitrogen and oxygen atoms in total. The van der Waals surface area contributed by atoms with Crippen LogP contribution in [0.5, 0.6) is 5.75 Å². The molecular formula is C26H42O2. The summed E-state index contributed by atoms with van der Waals surface area (Å²) in [4.78, 5) is 0. The summed E-state index contributed by atoms with van der Waals surface area (Å²) in [6, 6.07) is 6.80. The highest BCUT2D eigenvalue weighted by atomic mass is 16.7. The van der Waals surface area contributed by atoms with Gasteiger partial charge in [0.15, 0.2) is 6.29 Å². The lowest BCUT2D eigenvalue weighted by molar-refractivity contribution is -0.116. The van der Waals surface area contributed by atoms with E-state index in [1.165, 1.54) is 44.1 Å². The van der Waals surface area contributed by atoms with Gasteiger partial charge in [-0.25, -0.2) is 0 Å². The zero-order valence-electron chi connectivity index (χ0n) is 19.3. The van der Waals surface area contributed by atoms with Gasteiger partial charge in [0.1, 0.15) is 5.75 Å². The first-order valence-corrected chi connectivity index (χ1v) is 11.6. The molecule has 0 spiro atoms. The first kappa shape index (κ1) is 21.7. The lowest BCUT2D eigenvalue weighted by Gasteiger charge is -2.41. The standard InChI is InChI=1S/C26H42O2/c1-8-26(6,7)24-22-15-14-21(16-19(22)17-23(24)25(3,4)5)28-18(2)27-20-12-10-9-11-13-20/h14-16,18,20,23-24H,8-13,17H2,1-7H3. The minimum Gasteiger partial charge on any atom is -0.465 e. The number of rotatable bonds is 6. The van der Waals surface area contributed by atoms with Gasteiger partial charge in [-0.05, 0) is 72.1 Å². The fourth-order valence-electron chi connectivity index (χ4n) is 5.39. The van der Waals surface area contributed by atoms with Crippen molar-refractivity contribution in [3.8, 4) is 5.75 Å². The second kappa shape index (κ2) is 8.38. The molecule has 3 rings (SSSR count). The van der Waals surface area contributed by atoms with Gasteiger partial charge >= 0.3 is 0 Å². The number of hydrogen-bond acceptors (Lipinski definition) is 2. The molecule has 28 heavy (non-hydrogen) atoms. The Bertz CT molecular complexity index is 649. The van der Waals surface area contributed by atoms with Crippen molar-refractivity contribution in [2.24, 2.45) is 16.7 Å². The van der Waals surface area contributed by atoms with Crippen molar-refractivity contribution in [2.45, 2.75) is 112 Å². The summed E-state index contributed by atoms with van der Waals surface area (Å²) < 4.78 is 12.3. The monoisotopic (exact) mass is 386 g/mol. The molecule has 0 aliphatic heterocycles. The van der Waals surface area contributed by atoms with Gasteiger partial charge in [0.2, 0.25) is 0 Å². The van der Waals surface area contributed by atoms with Gasteiger partial charge in [-0.3, -0.25) is 0 Å². The Morgan fingerprint density at radius 1 is 1.04 bits per heavy atom. The van der Waals surface area contributed by atoms with Crippen LogP contribution in [-0.4, -0.2) is 12.4 Å². The maximum Gasteiger partial charge on any atom is 0.197 e. The molecule has 1 aromatic carbocycles. The first-order chi connectivity index (χ1) is 13.1. The predicted molar refractivity (Wildman–Crippen MR) is 118 cm³/mol. The molecule has 2 aliphatic rings. The first-order valence-electron chi connectivity index (χ1n) is 11.6. The predicted octanol–water partition coefficient (Wildman–Crippen LogP) is 7.50. The third-order valence-corrected chi connectivity index (χ3v) is 7.40. The summed E-state index contributed by atoms with van der Waals surface area (Å²) in [5.74, 6) is 2.24. The maximum atomic E-state index is 6.19. The van der Waals surface area contributed by atoms with Crippen LogP contribution in [0.1, 0.15) is 104 Å². The molecule has 0 amide bonds. The highest BCUT2D eigenvalue weighted by molar-refractivity contribution is 5.43. The lowest BCUT2D eigenvalue weighted by Crippen LogP contribution is -2.33. The van der Waals surface area contributed by atoms with Gasteiger partial charge in [0, 0.05) is 0 Å². The van der Waals surface area contributed by atoms with Crippen LogP contribution < -0.4 is 4.74 Å². The van der Waals surface area contributed by atoms with Gasteiger partial charge in [-0.1, -0.05) is 73.3 Å². The third kappa shape index (κ3) is 4.75. The highest BCUT2D eigenvalue weighted by Crippen LogP contribution is 2.55. The second-order valence-electron chi connectivity index (χ2n) is 10.9. The Labute approximate surface area is 173 Å². The van der Waals surface area contributed by atoms with Crippen molar-refractivity contribution in [3.63, 3.8) is 0 Å². The summed E-state index contributed by atoms with van der Waals surface area (Å²) in [5.41, 5.74) is 3.63. The minimum atomic E-state index is -0.177. The van der Waals surface area contributed by atoms with Crippen LogP contribution in [0.25, 0.3) is 0 Å². The van der Waals surface area contributed by atoms with Crippen molar-refractivity contribution in [1.29, 1.82) is 0 Å². The van der Waals surface area contributed by atoms with E-state index in [9.17, 15) is 0 Å². The minimum absolute atomic E-state index is 0.177. The highest BCUT2D eigenvalue weighted by Gasteiger charge is 2.46. The molecule has 0 saturated heterocycles. The lowest BCUT2D eigenvalue weighted by atomic mass is 9.63. The molecule has 158 valence electrons. The van der Waals surface area contributed by atoms with E-state index in [1.807, 2.05) is 6.92 Å². The number of fused-ring (bicyclic) bond motifs is 1. The molecule has 0 aromatic heterocycles. The summed E-state index contributed by atoms with van der Waals surface area (Å²) in [6.45, 7) is 16.5. The van der Waals surface area contributed by atoms with E-state index in [4.69, 9.17) is 9.47 Å². The van der Waals surface area contributed by atoms with Crippen molar-refractivity contribution in [1.82, 2.24) is 0 Å². The van der Waals surface area contributed by atoms with Crippen LogP contribution in [0.3, 0.4) is 0 Å². The van der Waals surface area contributed by atoms with Crippen molar-refractivity contribution >= 4 is 0 Å². The normalized spacial score (nSPS) is 24.8. The summed E-state index contributed by atoms with van der Waals surface area (Å²) in [7, 11) is 0. The molecule has 3 atom stereocenters. The molecule has 1 aromatic rings. The van der Waals surface area contributed by atoms with E-state index >= 15 is 0 Å². The molecule has 0 N–H and O–H groups in total. The van der Waals surface area contributed by atoms with Crippen LogP contribution in [-0.2, 0) is 11.2 Å². The SMILES string of the molecule is CCC(C)(C)C1c2ccc(OC(C)OC3CCCCC3)cc2CC1C(C)(C)C.